The lowest BCUT2D eigenvalue weighted by molar-refractivity contribution is 0.0977. The fourth-order valence-corrected chi connectivity index (χ4v) is 3.32. The number of rotatable bonds is 5. The summed E-state index contributed by atoms with van der Waals surface area (Å²) >= 11 is 5.32. The maximum absolute atomic E-state index is 12.5. The first-order valence-electron chi connectivity index (χ1n) is 10.1. The van der Waals surface area contributed by atoms with Crippen LogP contribution in [-0.4, -0.2) is 27.1 Å². The molecule has 0 atom stereocenters. The number of aromatic nitrogens is 2. The summed E-state index contributed by atoms with van der Waals surface area (Å²) < 4.78 is 11.4. The summed E-state index contributed by atoms with van der Waals surface area (Å²) in [5.74, 6) is 0.906. The molecule has 0 aliphatic carbocycles. The molecule has 0 spiro atoms. The zero-order valence-electron chi connectivity index (χ0n) is 17.9. The van der Waals surface area contributed by atoms with Gasteiger partial charge in [-0.25, -0.2) is 4.98 Å². The number of anilines is 1. The fourth-order valence-electron chi connectivity index (χ4n) is 3.12. The van der Waals surface area contributed by atoms with E-state index in [9.17, 15) is 4.79 Å². The van der Waals surface area contributed by atoms with Crippen molar-refractivity contribution in [2.24, 2.45) is 0 Å². The number of carbonyl (C=O) groups excluding carboxylic acids is 1. The lowest BCUT2D eigenvalue weighted by atomic mass is 10.1. The number of hydrogen-bond acceptors (Lipinski definition) is 6. The molecule has 0 saturated carbocycles. The second-order valence-corrected chi connectivity index (χ2v) is 7.88. The Morgan fingerprint density at radius 3 is 2.59 bits per heavy atom. The number of carbonyl (C=O) groups is 1. The zero-order chi connectivity index (χ0) is 22.7. The lowest BCUT2D eigenvalue weighted by Crippen LogP contribution is -2.34. The number of fused-ring (bicyclic) bond motifs is 1. The number of thiocarbonyl (C=S) groups is 1. The monoisotopic (exact) mass is 446 g/mol. The highest BCUT2D eigenvalue weighted by molar-refractivity contribution is 7.80. The van der Waals surface area contributed by atoms with Crippen LogP contribution in [0, 0.1) is 6.92 Å². The highest BCUT2D eigenvalue weighted by Crippen LogP contribution is 2.26. The molecule has 7 nitrogen and oxygen atoms in total. The molecule has 8 heteroatoms. The first-order chi connectivity index (χ1) is 15.4. The van der Waals surface area contributed by atoms with Gasteiger partial charge in [-0.05, 0) is 93.1 Å². The van der Waals surface area contributed by atoms with Crippen LogP contribution in [0.15, 0.2) is 65.2 Å². The Morgan fingerprint density at radius 1 is 1.12 bits per heavy atom. The average molecular weight is 447 g/mol. The third kappa shape index (κ3) is 4.92. The number of nitrogens with zero attached hydrogens (tertiary/aromatic N) is 2. The minimum absolute atomic E-state index is 0.0698. The van der Waals surface area contributed by atoms with E-state index < -0.39 is 0 Å². The molecule has 4 rings (SSSR count). The van der Waals surface area contributed by atoms with Gasteiger partial charge in [-0.15, -0.1) is 0 Å². The van der Waals surface area contributed by atoms with Crippen molar-refractivity contribution in [3.05, 3.63) is 71.9 Å². The van der Waals surface area contributed by atoms with Crippen LogP contribution in [0.25, 0.3) is 22.7 Å². The van der Waals surface area contributed by atoms with Gasteiger partial charge in [-0.2, -0.15) is 4.98 Å². The highest BCUT2D eigenvalue weighted by Gasteiger charge is 2.12. The van der Waals surface area contributed by atoms with Crippen LogP contribution in [0.1, 0.15) is 29.8 Å². The Morgan fingerprint density at radius 2 is 1.91 bits per heavy atom. The van der Waals surface area contributed by atoms with Crippen LogP contribution in [0.3, 0.4) is 0 Å². The predicted octanol–water partition coefficient (Wildman–Crippen LogP) is 5.11. The Balaban J connectivity index is 1.41. The smallest absolute Gasteiger partial charge is 0.257 e. The Bertz CT molecular complexity index is 1250. The molecule has 4 aromatic rings. The second-order valence-electron chi connectivity index (χ2n) is 7.47. The van der Waals surface area contributed by atoms with E-state index in [2.05, 4.69) is 20.6 Å². The second kappa shape index (κ2) is 9.15. The van der Waals surface area contributed by atoms with Crippen molar-refractivity contribution in [3.8, 4) is 17.2 Å². The first kappa shape index (κ1) is 21.5. The summed E-state index contributed by atoms with van der Waals surface area (Å²) in [6.45, 7) is 5.83. The minimum atomic E-state index is -0.299. The van der Waals surface area contributed by atoms with Gasteiger partial charge in [0.05, 0.1) is 6.10 Å². The van der Waals surface area contributed by atoms with Gasteiger partial charge >= 0.3 is 0 Å². The third-order valence-electron chi connectivity index (χ3n) is 4.60. The summed E-state index contributed by atoms with van der Waals surface area (Å²) in [7, 11) is 0. The molecule has 0 fully saturated rings. The molecule has 32 heavy (non-hydrogen) atoms. The van der Waals surface area contributed by atoms with Crippen LogP contribution >= 0.6 is 12.2 Å². The van der Waals surface area contributed by atoms with E-state index in [-0.39, 0.29) is 17.1 Å². The van der Waals surface area contributed by atoms with Gasteiger partial charge in [-0.3, -0.25) is 10.1 Å². The maximum Gasteiger partial charge on any atom is 0.257 e. The summed E-state index contributed by atoms with van der Waals surface area (Å²) in [4.78, 5) is 21.1. The van der Waals surface area contributed by atoms with Crippen molar-refractivity contribution in [2.75, 3.05) is 5.32 Å². The lowest BCUT2D eigenvalue weighted by Gasteiger charge is -2.13. The van der Waals surface area contributed by atoms with Crippen LogP contribution in [0.5, 0.6) is 5.75 Å². The Labute approximate surface area is 190 Å². The van der Waals surface area contributed by atoms with E-state index in [0.717, 1.165) is 16.8 Å². The SMILES string of the molecule is Cc1cc(-c2nc3ncccc3o2)ccc1NC(=S)NC(=O)c1ccc(OC(C)C)cc1. The maximum atomic E-state index is 12.5. The molecule has 0 radical (unpaired) electrons. The molecule has 0 unspecified atom stereocenters. The van der Waals surface area contributed by atoms with E-state index in [1.807, 2.05) is 45.0 Å². The molecule has 2 N–H and O–H groups in total. The fraction of sp³-hybridized carbons (Fsp3) is 0.167. The van der Waals surface area contributed by atoms with Crippen molar-refractivity contribution in [1.29, 1.82) is 0 Å². The third-order valence-corrected chi connectivity index (χ3v) is 4.81. The number of benzene rings is 2. The number of nitrogens with one attached hydrogen (secondary N) is 2. The number of aryl methyl sites for hydroxylation is 1. The molecule has 0 bridgehead atoms. The van der Waals surface area contributed by atoms with E-state index in [1.165, 1.54) is 0 Å². The molecule has 2 aromatic carbocycles. The van der Waals surface area contributed by atoms with Crippen molar-refractivity contribution in [3.63, 3.8) is 0 Å². The number of amides is 1. The zero-order valence-corrected chi connectivity index (χ0v) is 18.7. The topological polar surface area (TPSA) is 89.3 Å². The van der Waals surface area contributed by atoms with Crippen molar-refractivity contribution in [2.45, 2.75) is 26.9 Å². The summed E-state index contributed by atoms with van der Waals surface area (Å²) in [5.41, 5.74) is 4.20. The van der Waals surface area contributed by atoms with Crippen LogP contribution < -0.4 is 15.4 Å². The van der Waals surface area contributed by atoms with E-state index in [1.54, 1.807) is 36.5 Å². The van der Waals surface area contributed by atoms with Gasteiger partial charge in [-0.1, -0.05) is 0 Å². The van der Waals surface area contributed by atoms with Gasteiger partial charge in [0.15, 0.2) is 16.3 Å². The van der Waals surface area contributed by atoms with Crippen LogP contribution in [0.2, 0.25) is 0 Å². The van der Waals surface area contributed by atoms with Gasteiger partial charge in [0.25, 0.3) is 5.91 Å². The Kier molecular flexibility index (Phi) is 6.13. The number of ether oxygens (including phenoxy) is 1. The quantitative estimate of drug-likeness (QED) is 0.412. The van der Waals surface area contributed by atoms with E-state index in [4.69, 9.17) is 21.4 Å². The molecule has 162 valence electrons. The number of hydrogen-bond donors (Lipinski definition) is 2. The molecule has 0 aliphatic heterocycles. The van der Waals surface area contributed by atoms with Gasteiger partial charge in [0.1, 0.15) is 5.75 Å². The molecule has 0 saturated heterocycles. The summed E-state index contributed by atoms with van der Waals surface area (Å²) in [5, 5.41) is 5.97. The van der Waals surface area contributed by atoms with Crippen LogP contribution in [0.4, 0.5) is 5.69 Å². The van der Waals surface area contributed by atoms with E-state index >= 15 is 0 Å². The first-order valence-corrected chi connectivity index (χ1v) is 10.5. The standard InChI is InChI=1S/C24H22N4O3S/c1-14(2)30-18-9-6-16(7-10-18)22(29)28-24(32)26-19-11-8-17(13-15(19)3)23-27-21-20(31-23)5-4-12-25-21/h4-14H,1-3H3,(H2,26,28,29,32). The van der Waals surface area contributed by atoms with Crippen molar-refractivity contribution >= 4 is 40.2 Å². The number of pyridine rings is 1. The highest BCUT2D eigenvalue weighted by atomic mass is 32.1. The molecule has 2 heterocycles. The van der Waals surface area contributed by atoms with Gasteiger partial charge in [0.2, 0.25) is 5.89 Å². The molecular formula is C24H22N4O3S. The van der Waals surface area contributed by atoms with Crippen molar-refractivity contribution in [1.82, 2.24) is 15.3 Å². The molecular weight excluding hydrogens is 424 g/mol. The van der Waals surface area contributed by atoms with Gasteiger partial charge < -0.3 is 14.5 Å². The summed E-state index contributed by atoms with van der Waals surface area (Å²) in [6, 6.07) is 16.2. The predicted molar refractivity (Wildman–Crippen MR) is 128 cm³/mol. The normalized spacial score (nSPS) is 10.9. The van der Waals surface area contributed by atoms with Gasteiger partial charge in [0, 0.05) is 23.0 Å². The molecule has 2 aromatic heterocycles. The summed E-state index contributed by atoms with van der Waals surface area (Å²) in [6.07, 6.45) is 1.75. The minimum Gasteiger partial charge on any atom is -0.491 e. The largest absolute Gasteiger partial charge is 0.491 e. The van der Waals surface area contributed by atoms with E-state index in [0.29, 0.717) is 28.4 Å². The Hall–Kier alpha value is -3.78. The molecule has 0 aliphatic rings. The van der Waals surface area contributed by atoms with Crippen molar-refractivity contribution < 1.29 is 13.9 Å². The van der Waals surface area contributed by atoms with Crippen LogP contribution in [-0.2, 0) is 0 Å². The number of oxazole rings is 1. The average Bonchev–Trinajstić information content (AvgIpc) is 3.19. The molecule has 1 amide bonds.